The summed E-state index contributed by atoms with van der Waals surface area (Å²) in [5.74, 6) is 0.890. The molecule has 0 spiro atoms. The number of likely N-dealkylation sites (tertiary alicyclic amines) is 1. The van der Waals surface area contributed by atoms with Gasteiger partial charge in [0, 0.05) is 31.5 Å². The van der Waals surface area contributed by atoms with Gasteiger partial charge in [0.25, 0.3) is 0 Å². The molecule has 1 aromatic carbocycles. The smallest absolute Gasteiger partial charge is 0.315 e. The van der Waals surface area contributed by atoms with Gasteiger partial charge < -0.3 is 20.1 Å². The van der Waals surface area contributed by atoms with Crippen LogP contribution < -0.4 is 10.6 Å². The Labute approximate surface area is 170 Å². The number of amides is 3. The van der Waals surface area contributed by atoms with Gasteiger partial charge in [-0.3, -0.25) is 4.79 Å². The zero-order valence-electron chi connectivity index (χ0n) is 16.5. The number of nitrogens with zero attached hydrogens (tertiary/aromatic N) is 3. The van der Waals surface area contributed by atoms with Crippen LogP contribution in [0.5, 0.6) is 0 Å². The van der Waals surface area contributed by atoms with E-state index in [9.17, 15) is 9.59 Å². The molecule has 0 unspecified atom stereocenters. The number of carbonyl (C=O) groups excluding carboxylic acids is 2. The molecule has 1 aromatic heterocycles. The van der Waals surface area contributed by atoms with Crippen molar-refractivity contribution in [3.05, 3.63) is 47.6 Å². The lowest BCUT2D eigenvalue weighted by molar-refractivity contribution is -0.128. The molecule has 3 amide bonds. The average molecular weight is 397 g/mol. The lowest BCUT2D eigenvalue weighted by Gasteiger charge is -2.22. The van der Waals surface area contributed by atoms with Crippen LogP contribution in [0.4, 0.5) is 4.79 Å². The van der Waals surface area contributed by atoms with E-state index in [1.807, 2.05) is 35.2 Å². The predicted octanol–water partition coefficient (Wildman–Crippen LogP) is 2.72. The summed E-state index contributed by atoms with van der Waals surface area (Å²) >= 11 is 0. The van der Waals surface area contributed by atoms with Crippen molar-refractivity contribution in [3.63, 3.8) is 0 Å². The van der Waals surface area contributed by atoms with E-state index >= 15 is 0 Å². The van der Waals surface area contributed by atoms with Crippen LogP contribution in [0.2, 0.25) is 0 Å². The van der Waals surface area contributed by atoms with Gasteiger partial charge in [-0.05, 0) is 18.4 Å². The fourth-order valence-corrected chi connectivity index (χ4v) is 4.05. The van der Waals surface area contributed by atoms with Crippen molar-refractivity contribution in [1.29, 1.82) is 0 Å². The predicted molar refractivity (Wildman–Crippen MR) is 106 cm³/mol. The molecule has 1 saturated heterocycles. The third-order valence-electron chi connectivity index (χ3n) is 5.62. The SMILES string of the molecule is O=C(NCc1nc([C@@H]2CC(=O)N(Cc3ccccc3)C2)no1)NC1CCCCC1. The maximum atomic E-state index is 12.3. The van der Waals surface area contributed by atoms with E-state index in [2.05, 4.69) is 20.8 Å². The highest BCUT2D eigenvalue weighted by Crippen LogP contribution is 2.27. The molecule has 1 aliphatic heterocycles. The normalized spacial score (nSPS) is 20.1. The Kier molecular flexibility index (Phi) is 6.07. The summed E-state index contributed by atoms with van der Waals surface area (Å²) in [4.78, 5) is 30.6. The Hall–Kier alpha value is -2.90. The molecule has 8 heteroatoms. The van der Waals surface area contributed by atoms with E-state index in [4.69, 9.17) is 4.52 Å². The Balaban J connectivity index is 1.26. The summed E-state index contributed by atoms with van der Waals surface area (Å²) < 4.78 is 5.27. The summed E-state index contributed by atoms with van der Waals surface area (Å²) in [6, 6.07) is 9.96. The van der Waals surface area contributed by atoms with E-state index in [0.29, 0.717) is 31.2 Å². The molecule has 0 radical (unpaired) electrons. The van der Waals surface area contributed by atoms with Crippen molar-refractivity contribution in [3.8, 4) is 0 Å². The molecule has 154 valence electrons. The summed E-state index contributed by atoms with van der Waals surface area (Å²) in [5.41, 5.74) is 1.10. The topological polar surface area (TPSA) is 100 Å². The first-order valence-electron chi connectivity index (χ1n) is 10.4. The van der Waals surface area contributed by atoms with Gasteiger partial charge in [0.1, 0.15) is 0 Å². The molecule has 2 aliphatic rings. The third kappa shape index (κ3) is 5.13. The molecule has 2 fully saturated rings. The highest BCUT2D eigenvalue weighted by atomic mass is 16.5. The highest BCUT2D eigenvalue weighted by Gasteiger charge is 2.33. The van der Waals surface area contributed by atoms with Crippen molar-refractivity contribution in [2.24, 2.45) is 0 Å². The van der Waals surface area contributed by atoms with Gasteiger partial charge >= 0.3 is 6.03 Å². The molecule has 2 heterocycles. The van der Waals surface area contributed by atoms with Crippen LogP contribution in [0.1, 0.15) is 61.7 Å². The van der Waals surface area contributed by atoms with Gasteiger partial charge in [-0.1, -0.05) is 54.8 Å². The second kappa shape index (κ2) is 9.07. The highest BCUT2D eigenvalue weighted by molar-refractivity contribution is 5.79. The fraction of sp³-hybridized carbons (Fsp3) is 0.524. The van der Waals surface area contributed by atoms with Crippen molar-refractivity contribution in [1.82, 2.24) is 25.7 Å². The van der Waals surface area contributed by atoms with Gasteiger partial charge in [-0.15, -0.1) is 0 Å². The maximum absolute atomic E-state index is 12.3. The zero-order valence-corrected chi connectivity index (χ0v) is 16.5. The van der Waals surface area contributed by atoms with Crippen molar-refractivity contribution in [2.45, 2.75) is 63.6 Å². The second-order valence-corrected chi connectivity index (χ2v) is 7.87. The van der Waals surface area contributed by atoms with E-state index < -0.39 is 0 Å². The van der Waals surface area contributed by atoms with Crippen LogP contribution in [0.3, 0.4) is 0 Å². The first-order chi connectivity index (χ1) is 14.2. The average Bonchev–Trinajstić information content (AvgIpc) is 3.35. The van der Waals surface area contributed by atoms with Crippen LogP contribution in [-0.4, -0.2) is 39.6 Å². The van der Waals surface area contributed by atoms with Gasteiger partial charge in [0.2, 0.25) is 11.8 Å². The molecule has 2 aromatic rings. The molecule has 1 saturated carbocycles. The van der Waals surface area contributed by atoms with Gasteiger partial charge in [0.15, 0.2) is 5.82 Å². The van der Waals surface area contributed by atoms with Gasteiger partial charge in [-0.25, -0.2) is 4.79 Å². The van der Waals surface area contributed by atoms with Gasteiger partial charge in [-0.2, -0.15) is 4.98 Å². The summed E-state index contributed by atoms with van der Waals surface area (Å²) in [5, 5.41) is 9.80. The van der Waals surface area contributed by atoms with Crippen LogP contribution in [-0.2, 0) is 17.9 Å². The van der Waals surface area contributed by atoms with Crippen LogP contribution in [0.15, 0.2) is 34.9 Å². The number of nitrogens with one attached hydrogen (secondary N) is 2. The minimum atomic E-state index is -0.207. The Bertz CT molecular complexity index is 832. The van der Waals surface area contributed by atoms with Crippen molar-refractivity contribution < 1.29 is 14.1 Å². The molecule has 1 atom stereocenters. The summed E-state index contributed by atoms with van der Waals surface area (Å²) in [6.07, 6.45) is 6.03. The number of hydrogen-bond donors (Lipinski definition) is 2. The lowest BCUT2D eigenvalue weighted by atomic mass is 9.96. The van der Waals surface area contributed by atoms with Crippen LogP contribution >= 0.6 is 0 Å². The minimum Gasteiger partial charge on any atom is -0.338 e. The molecule has 29 heavy (non-hydrogen) atoms. The molecule has 0 bridgehead atoms. The molecule has 8 nitrogen and oxygen atoms in total. The maximum Gasteiger partial charge on any atom is 0.315 e. The molecule has 2 N–H and O–H groups in total. The Morgan fingerprint density at radius 2 is 1.97 bits per heavy atom. The van der Waals surface area contributed by atoms with E-state index in [-0.39, 0.29) is 30.4 Å². The number of hydrogen-bond acceptors (Lipinski definition) is 5. The van der Waals surface area contributed by atoms with E-state index in [0.717, 1.165) is 18.4 Å². The quantitative estimate of drug-likeness (QED) is 0.781. The first kappa shape index (κ1) is 19.4. The first-order valence-corrected chi connectivity index (χ1v) is 10.4. The second-order valence-electron chi connectivity index (χ2n) is 7.87. The summed E-state index contributed by atoms with van der Waals surface area (Å²) in [7, 11) is 0. The fourth-order valence-electron chi connectivity index (χ4n) is 4.05. The van der Waals surface area contributed by atoms with Crippen LogP contribution in [0, 0.1) is 0 Å². The third-order valence-corrected chi connectivity index (χ3v) is 5.62. The Morgan fingerprint density at radius 3 is 2.76 bits per heavy atom. The number of urea groups is 1. The van der Waals surface area contributed by atoms with Crippen LogP contribution in [0.25, 0.3) is 0 Å². The van der Waals surface area contributed by atoms with E-state index in [1.54, 1.807) is 0 Å². The van der Waals surface area contributed by atoms with Gasteiger partial charge in [0.05, 0.1) is 6.54 Å². The van der Waals surface area contributed by atoms with E-state index in [1.165, 1.54) is 19.3 Å². The number of carbonyl (C=O) groups is 2. The molecule has 1 aliphatic carbocycles. The van der Waals surface area contributed by atoms with Crippen molar-refractivity contribution >= 4 is 11.9 Å². The Morgan fingerprint density at radius 1 is 1.17 bits per heavy atom. The lowest BCUT2D eigenvalue weighted by Crippen LogP contribution is -2.42. The summed E-state index contributed by atoms with van der Waals surface area (Å²) in [6.45, 7) is 1.34. The number of aromatic nitrogens is 2. The molecule has 4 rings (SSSR count). The number of benzene rings is 1. The zero-order chi connectivity index (χ0) is 20.1. The largest absolute Gasteiger partial charge is 0.338 e. The van der Waals surface area contributed by atoms with Crippen molar-refractivity contribution in [2.75, 3.05) is 6.54 Å². The molecular formula is C21H27N5O3. The standard InChI is InChI=1S/C21H27N5O3/c27-19-11-16(14-26(19)13-15-7-3-1-4-8-15)20-24-18(29-25-20)12-22-21(28)23-17-9-5-2-6-10-17/h1,3-4,7-8,16-17H,2,5-6,9-14H2,(H2,22,23,28)/t16-/m1/s1. The molecular weight excluding hydrogens is 370 g/mol. The monoisotopic (exact) mass is 397 g/mol. The number of rotatable bonds is 6. The minimum absolute atomic E-state index is 0.0835.